The molecule has 3 rings (SSSR count). The fourth-order valence-electron chi connectivity index (χ4n) is 3.51. The number of likely N-dealkylation sites (tertiary alicyclic amines) is 1. The number of nitrogens with zero attached hydrogens (tertiary/aromatic N) is 3. The van der Waals surface area contributed by atoms with Crippen LogP contribution in [0.4, 0.5) is 18.9 Å². The average molecular weight is 422 g/mol. The molecule has 1 N–H and O–H groups in total. The van der Waals surface area contributed by atoms with E-state index in [9.17, 15) is 22.8 Å². The number of aromatic nitrogens is 2. The van der Waals surface area contributed by atoms with Gasteiger partial charge in [0.25, 0.3) is 0 Å². The van der Waals surface area contributed by atoms with E-state index >= 15 is 0 Å². The Labute approximate surface area is 173 Å². The minimum absolute atomic E-state index is 0.0257. The predicted molar refractivity (Wildman–Crippen MR) is 106 cm³/mol. The molecule has 0 aliphatic carbocycles. The van der Waals surface area contributed by atoms with Gasteiger partial charge in [-0.05, 0) is 37.1 Å². The number of piperidine rings is 1. The molecule has 1 aromatic carbocycles. The summed E-state index contributed by atoms with van der Waals surface area (Å²) in [6, 6.07) is 4.79. The van der Waals surface area contributed by atoms with Gasteiger partial charge in [-0.1, -0.05) is 20.8 Å². The summed E-state index contributed by atoms with van der Waals surface area (Å²) < 4.78 is 41.0. The van der Waals surface area contributed by atoms with Crippen molar-refractivity contribution in [3.63, 3.8) is 0 Å². The molecule has 2 aromatic rings. The lowest BCUT2D eigenvalue weighted by molar-refractivity contribution is -0.142. The summed E-state index contributed by atoms with van der Waals surface area (Å²) >= 11 is 0. The first kappa shape index (κ1) is 21.9. The Balaban J connectivity index is 1.84. The molecule has 0 saturated carbocycles. The zero-order valence-corrected chi connectivity index (χ0v) is 17.2. The highest BCUT2D eigenvalue weighted by molar-refractivity contribution is 5.95. The quantitative estimate of drug-likeness (QED) is 0.809. The molecule has 1 unspecified atom stereocenters. The van der Waals surface area contributed by atoms with Crippen molar-refractivity contribution in [1.29, 1.82) is 0 Å². The van der Waals surface area contributed by atoms with Crippen molar-refractivity contribution in [2.45, 2.75) is 39.8 Å². The molecule has 1 aromatic heterocycles. The van der Waals surface area contributed by atoms with E-state index in [0.717, 1.165) is 12.1 Å². The van der Waals surface area contributed by atoms with Gasteiger partial charge in [-0.3, -0.25) is 9.59 Å². The molecule has 0 radical (unpaired) electrons. The van der Waals surface area contributed by atoms with Gasteiger partial charge in [0, 0.05) is 30.9 Å². The molecule has 30 heavy (non-hydrogen) atoms. The van der Waals surface area contributed by atoms with Gasteiger partial charge in [0.15, 0.2) is 0 Å². The Hall–Kier alpha value is -2.84. The number of halogens is 3. The van der Waals surface area contributed by atoms with Crippen LogP contribution in [0.5, 0.6) is 0 Å². The highest BCUT2D eigenvalue weighted by Gasteiger charge is 2.35. The van der Waals surface area contributed by atoms with E-state index in [-0.39, 0.29) is 18.1 Å². The molecule has 2 heterocycles. The van der Waals surface area contributed by atoms with Crippen molar-refractivity contribution in [3.8, 4) is 5.69 Å². The molecule has 162 valence electrons. The van der Waals surface area contributed by atoms with Crippen LogP contribution in [0.15, 0.2) is 36.7 Å². The maximum absolute atomic E-state index is 13.2. The molecule has 0 spiro atoms. The Bertz CT molecular complexity index is 917. The van der Waals surface area contributed by atoms with Gasteiger partial charge in [0.1, 0.15) is 0 Å². The second kappa shape index (κ2) is 8.12. The zero-order valence-electron chi connectivity index (χ0n) is 17.2. The number of carbonyl (C=O) groups excluding carboxylic acids is 2. The summed E-state index contributed by atoms with van der Waals surface area (Å²) in [5, 5.41) is 6.69. The van der Waals surface area contributed by atoms with Crippen LogP contribution in [0, 0.1) is 11.3 Å². The molecule has 1 atom stereocenters. The van der Waals surface area contributed by atoms with Gasteiger partial charge in [0.05, 0.1) is 22.9 Å². The van der Waals surface area contributed by atoms with Crippen LogP contribution in [-0.4, -0.2) is 39.6 Å². The highest BCUT2D eigenvalue weighted by atomic mass is 19.4. The first-order valence-corrected chi connectivity index (χ1v) is 9.78. The average Bonchev–Trinajstić information content (AvgIpc) is 3.20. The normalized spacial score (nSPS) is 17.7. The van der Waals surface area contributed by atoms with E-state index < -0.39 is 29.0 Å². The van der Waals surface area contributed by atoms with Crippen molar-refractivity contribution in [3.05, 3.63) is 42.2 Å². The monoisotopic (exact) mass is 422 g/mol. The molecule has 6 nitrogen and oxygen atoms in total. The molecule has 0 bridgehead atoms. The van der Waals surface area contributed by atoms with E-state index in [4.69, 9.17) is 0 Å². The number of carbonyl (C=O) groups is 2. The summed E-state index contributed by atoms with van der Waals surface area (Å²) in [7, 11) is 0. The summed E-state index contributed by atoms with van der Waals surface area (Å²) in [5.41, 5.74) is -1.06. The third-order valence-electron chi connectivity index (χ3n) is 5.05. The molecule has 1 saturated heterocycles. The van der Waals surface area contributed by atoms with E-state index in [1.165, 1.54) is 16.9 Å². The van der Waals surface area contributed by atoms with E-state index in [1.54, 1.807) is 17.2 Å². The van der Waals surface area contributed by atoms with Crippen LogP contribution in [-0.2, 0) is 15.8 Å². The van der Waals surface area contributed by atoms with Crippen LogP contribution in [0.25, 0.3) is 5.69 Å². The smallest absolute Gasteiger partial charge is 0.341 e. The molecule has 9 heteroatoms. The van der Waals surface area contributed by atoms with E-state index in [1.807, 2.05) is 20.8 Å². The number of hydrogen-bond donors (Lipinski definition) is 1. The minimum atomic E-state index is -4.54. The maximum atomic E-state index is 13.2. The molecular weight excluding hydrogens is 397 g/mol. The third kappa shape index (κ3) is 4.83. The van der Waals surface area contributed by atoms with Gasteiger partial charge in [0.2, 0.25) is 11.8 Å². The number of alkyl halides is 3. The Morgan fingerprint density at radius 3 is 2.53 bits per heavy atom. The highest BCUT2D eigenvalue weighted by Crippen LogP contribution is 2.34. The summed E-state index contributed by atoms with van der Waals surface area (Å²) in [4.78, 5) is 27.1. The van der Waals surface area contributed by atoms with Crippen molar-refractivity contribution < 1.29 is 22.8 Å². The topological polar surface area (TPSA) is 67.2 Å². The number of nitrogens with one attached hydrogen (secondary N) is 1. The second-order valence-electron chi connectivity index (χ2n) is 8.51. The SMILES string of the molecule is CC(C)(C)C(=O)N1CCCC(C(=O)Nc2cc(C(F)(F)F)ccc2-n2cccn2)C1. The van der Waals surface area contributed by atoms with Gasteiger partial charge in [-0.2, -0.15) is 18.3 Å². The number of amides is 2. The van der Waals surface area contributed by atoms with Crippen molar-refractivity contribution in [1.82, 2.24) is 14.7 Å². The van der Waals surface area contributed by atoms with Crippen molar-refractivity contribution in [2.75, 3.05) is 18.4 Å². The maximum Gasteiger partial charge on any atom is 0.416 e. The lowest BCUT2D eigenvalue weighted by Crippen LogP contribution is -2.47. The lowest BCUT2D eigenvalue weighted by atomic mass is 9.91. The Kier molecular flexibility index (Phi) is 5.92. The zero-order chi connectivity index (χ0) is 22.1. The molecule has 1 aliphatic rings. The third-order valence-corrected chi connectivity index (χ3v) is 5.05. The largest absolute Gasteiger partial charge is 0.416 e. The van der Waals surface area contributed by atoms with Crippen LogP contribution >= 0.6 is 0 Å². The van der Waals surface area contributed by atoms with Crippen molar-refractivity contribution >= 4 is 17.5 Å². The van der Waals surface area contributed by atoms with Gasteiger partial charge < -0.3 is 10.2 Å². The molecule has 1 aliphatic heterocycles. The van der Waals surface area contributed by atoms with Crippen LogP contribution in [0.2, 0.25) is 0 Å². The standard InChI is InChI=1S/C21H25F3N4O2/c1-20(2,3)19(30)27-10-4-6-14(13-27)18(29)26-16-12-15(21(22,23)24)7-8-17(16)28-11-5-9-25-28/h5,7-9,11-12,14H,4,6,10,13H2,1-3H3,(H,26,29). The fraction of sp³-hybridized carbons (Fsp3) is 0.476. The van der Waals surface area contributed by atoms with Crippen molar-refractivity contribution in [2.24, 2.45) is 11.3 Å². The Morgan fingerprint density at radius 1 is 1.20 bits per heavy atom. The minimum Gasteiger partial charge on any atom is -0.341 e. The Morgan fingerprint density at radius 2 is 1.93 bits per heavy atom. The summed E-state index contributed by atoms with van der Waals surface area (Å²) in [6.45, 7) is 6.27. The van der Waals surface area contributed by atoms with Crippen LogP contribution in [0.3, 0.4) is 0 Å². The fourth-order valence-corrected chi connectivity index (χ4v) is 3.51. The summed E-state index contributed by atoms with van der Waals surface area (Å²) in [6.07, 6.45) is -0.226. The van der Waals surface area contributed by atoms with E-state index in [0.29, 0.717) is 25.1 Å². The van der Waals surface area contributed by atoms with Gasteiger partial charge >= 0.3 is 6.18 Å². The van der Waals surface area contributed by atoms with Gasteiger partial charge in [-0.15, -0.1) is 0 Å². The molecule has 1 fully saturated rings. The number of anilines is 1. The molecule has 2 amide bonds. The lowest BCUT2D eigenvalue weighted by Gasteiger charge is -2.36. The van der Waals surface area contributed by atoms with E-state index in [2.05, 4.69) is 10.4 Å². The van der Waals surface area contributed by atoms with Gasteiger partial charge in [-0.25, -0.2) is 4.68 Å². The predicted octanol–water partition coefficient (Wildman–Crippen LogP) is 4.11. The number of rotatable bonds is 3. The molecular formula is C21H25F3N4O2. The summed E-state index contributed by atoms with van der Waals surface area (Å²) in [5.74, 6) is -0.949. The number of hydrogen-bond acceptors (Lipinski definition) is 3. The van der Waals surface area contributed by atoms with Crippen LogP contribution < -0.4 is 5.32 Å². The first-order chi connectivity index (χ1) is 14.0. The number of benzene rings is 1. The van der Waals surface area contributed by atoms with Crippen LogP contribution in [0.1, 0.15) is 39.2 Å². The second-order valence-corrected chi connectivity index (χ2v) is 8.51. The first-order valence-electron chi connectivity index (χ1n) is 9.78.